The van der Waals surface area contributed by atoms with E-state index in [1.165, 1.54) is 0 Å². The molecule has 1 aromatic carbocycles. The summed E-state index contributed by atoms with van der Waals surface area (Å²) in [5.74, 6) is -1.65. The van der Waals surface area contributed by atoms with Crippen LogP contribution >= 0.6 is 0 Å². The number of carbonyl (C=O) groups is 3. The lowest BCUT2D eigenvalue weighted by Crippen LogP contribution is -2.44. The zero-order chi connectivity index (χ0) is 17.7. The molecule has 0 saturated carbocycles. The van der Waals surface area contributed by atoms with E-state index in [1.54, 1.807) is 18.7 Å². The minimum absolute atomic E-state index is 0.0282. The maximum absolute atomic E-state index is 12.5. The van der Waals surface area contributed by atoms with Crippen LogP contribution in [-0.2, 0) is 23.9 Å². The molecule has 1 aliphatic rings. The fourth-order valence-corrected chi connectivity index (χ4v) is 2.95. The number of esters is 2. The first-order valence-corrected chi connectivity index (χ1v) is 8.15. The zero-order valence-electron chi connectivity index (χ0n) is 14.3. The number of likely N-dealkylation sites (tertiary alicyclic amines) is 1. The fourth-order valence-electron chi connectivity index (χ4n) is 2.95. The molecule has 0 unspecified atom stereocenters. The molecule has 1 aliphatic heterocycles. The van der Waals surface area contributed by atoms with E-state index in [9.17, 15) is 14.4 Å². The minimum Gasteiger partial charge on any atom is -0.465 e. The van der Waals surface area contributed by atoms with Gasteiger partial charge in [0, 0.05) is 6.54 Å². The van der Waals surface area contributed by atoms with Crippen molar-refractivity contribution < 1.29 is 23.9 Å². The highest BCUT2D eigenvalue weighted by atomic mass is 16.6. The molecule has 0 radical (unpaired) electrons. The maximum Gasteiger partial charge on any atom is 0.325 e. The van der Waals surface area contributed by atoms with Gasteiger partial charge in [0.15, 0.2) is 5.41 Å². The molecule has 0 bridgehead atoms. The second-order valence-electron chi connectivity index (χ2n) is 5.81. The van der Waals surface area contributed by atoms with Gasteiger partial charge in [0.2, 0.25) is 5.91 Å². The molecule has 1 saturated heterocycles. The first kappa shape index (κ1) is 18.0. The van der Waals surface area contributed by atoms with Crippen LogP contribution in [0.15, 0.2) is 30.3 Å². The normalized spacial score (nSPS) is 17.5. The summed E-state index contributed by atoms with van der Waals surface area (Å²) < 4.78 is 10.1. The number of nitrogens with zero attached hydrogens (tertiary/aromatic N) is 1. The SMILES string of the molecule is CCOC(=O)C1(C(=O)OCC)CC(=O)N([C@@H](C)c2ccccc2)C1. The second kappa shape index (κ2) is 7.47. The average Bonchev–Trinajstić information content (AvgIpc) is 2.94. The Balaban J connectivity index is 2.30. The molecule has 1 atom stereocenters. The molecule has 24 heavy (non-hydrogen) atoms. The number of hydrogen-bond donors (Lipinski definition) is 0. The average molecular weight is 333 g/mol. The number of carbonyl (C=O) groups excluding carboxylic acids is 3. The van der Waals surface area contributed by atoms with Gasteiger partial charge in [0.25, 0.3) is 0 Å². The highest BCUT2D eigenvalue weighted by molar-refractivity contribution is 6.06. The summed E-state index contributed by atoms with van der Waals surface area (Å²) >= 11 is 0. The molecule has 0 spiro atoms. The van der Waals surface area contributed by atoms with Crippen molar-refractivity contribution >= 4 is 17.8 Å². The van der Waals surface area contributed by atoms with Gasteiger partial charge in [-0.25, -0.2) is 0 Å². The van der Waals surface area contributed by atoms with Crippen LogP contribution in [0.1, 0.15) is 38.8 Å². The third-order valence-corrected chi connectivity index (χ3v) is 4.30. The number of hydrogen-bond acceptors (Lipinski definition) is 5. The number of rotatable bonds is 6. The molecule has 0 aromatic heterocycles. The second-order valence-corrected chi connectivity index (χ2v) is 5.81. The van der Waals surface area contributed by atoms with Gasteiger partial charge < -0.3 is 14.4 Å². The van der Waals surface area contributed by atoms with Gasteiger partial charge in [0.05, 0.1) is 25.7 Å². The van der Waals surface area contributed by atoms with Crippen molar-refractivity contribution in [3.05, 3.63) is 35.9 Å². The summed E-state index contributed by atoms with van der Waals surface area (Å²) in [6.07, 6.45) is -0.220. The summed E-state index contributed by atoms with van der Waals surface area (Å²) in [7, 11) is 0. The van der Waals surface area contributed by atoms with Gasteiger partial charge in [-0.15, -0.1) is 0 Å². The van der Waals surface area contributed by atoms with E-state index in [0.717, 1.165) is 5.56 Å². The van der Waals surface area contributed by atoms with Crippen LogP contribution in [0.4, 0.5) is 0 Å². The summed E-state index contributed by atoms with van der Waals surface area (Å²) in [5.41, 5.74) is -0.638. The first-order valence-electron chi connectivity index (χ1n) is 8.15. The van der Waals surface area contributed by atoms with E-state index < -0.39 is 17.4 Å². The Morgan fingerprint density at radius 2 is 1.67 bits per heavy atom. The fraction of sp³-hybridized carbons (Fsp3) is 0.500. The van der Waals surface area contributed by atoms with Crippen molar-refractivity contribution in [1.29, 1.82) is 0 Å². The Morgan fingerprint density at radius 1 is 1.12 bits per heavy atom. The van der Waals surface area contributed by atoms with Gasteiger partial charge in [-0.3, -0.25) is 14.4 Å². The molecule has 1 aromatic rings. The van der Waals surface area contributed by atoms with E-state index in [-0.39, 0.29) is 38.1 Å². The van der Waals surface area contributed by atoms with Crippen molar-refractivity contribution in [1.82, 2.24) is 4.90 Å². The highest BCUT2D eigenvalue weighted by Crippen LogP contribution is 2.38. The van der Waals surface area contributed by atoms with Crippen LogP contribution in [0, 0.1) is 5.41 Å². The first-order chi connectivity index (χ1) is 11.5. The third-order valence-electron chi connectivity index (χ3n) is 4.30. The lowest BCUT2D eigenvalue weighted by molar-refractivity contribution is -0.171. The van der Waals surface area contributed by atoms with Crippen molar-refractivity contribution in [2.24, 2.45) is 5.41 Å². The summed E-state index contributed by atoms with van der Waals surface area (Å²) in [4.78, 5) is 38.9. The molecule has 1 heterocycles. The molecular formula is C18H23NO5. The quantitative estimate of drug-likeness (QED) is 0.589. The van der Waals surface area contributed by atoms with E-state index in [1.807, 2.05) is 37.3 Å². The van der Waals surface area contributed by atoms with Crippen LogP contribution in [0.2, 0.25) is 0 Å². The van der Waals surface area contributed by atoms with Crippen molar-refractivity contribution in [3.63, 3.8) is 0 Å². The van der Waals surface area contributed by atoms with E-state index in [2.05, 4.69) is 0 Å². The molecular weight excluding hydrogens is 310 g/mol. The maximum atomic E-state index is 12.5. The van der Waals surface area contributed by atoms with Crippen molar-refractivity contribution in [2.75, 3.05) is 19.8 Å². The predicted molar refractivity (Wildman–Crippen MR) is 86.9 cm³/mol. The number of amides is 1. The van der Waals surface area contributed by atoms with E-state index >= 15 is 0 Å². The number of ether oxygens (including phenoxy) is 2. The molecule has 0 N–H and O–H groups in total. The molecule has 1 fully saturated rings. The number of benzene rings is 1. The largest absolute Gasteiger partial charge is 0.465 e. The Bertz CT molecular complexity index is 595. The zero-order valence-corrected chi connectivity index (χ0v) is 14.3. The van der Waals surface area contributed by atoms with E-state index in [0.29, 0.717) is 0 Å². The summed E-state index contributed by atoms with van der Waals surface area (Å²) in [6.45, 7) is 5.46. The van der Waals surface area contributed by atoms with Crippen LogP contribution in [0.5, 0.6) is 0 Å². The Labute approximate surface area is 141 Å². The Kier molecular flexibility index (Phi) is 5.59. The van der Waals surface area contributed by atoms with Crippen molar-refractivity contribution in [3.8, 4) is 0 Å². The molecule has 130 valence electrons. The van der Waals surface area contributed by atoms with Crippen LogP contribution in [0.3, 0.4) is 0 Å². The molecule has 1 amide bonds. The van der Waals surface area contributed by atoms with Gasteiger partial charge in [-0.05, 0) is 26.3 Å². The standard InChI is InChI=1S/C18H23NO5/c1-4-23-16(21)18(17(22)24-5-2)11-15(20)19(12-18)13(3)14-9-7-6-8-10-14/h6-10,13H,4-5,11-12H2,1-3H3/t13-/m0/s1. The van der Waals surface area contributed by atoms with Gasteiger partial charge >= 0.3 is 11.9 Å². The minimum atomic E-state index is -1.58. The highest BCUT2D eigenvalue weighted by Gasteiger charge is 2.57. The smallest absolute Gasteiger partial charge is 0.325 e. The molecule has 0 aliphatic carbocycles. The Hall–Kier alpha value is -2.37. The molecule has 2 rings (SSSR count). The molecule has 6 nitrogen and oxygen atoms in total. The topological polar surface area (TPSA) is 72.9 Å². The predicted octanol–water partition coefficient (Wildman–Crippen LogP) is 2.09. The van der Waals surface area contributed by atoms with Crippen molar-refractivity contribution in [2.45, 2.75) is 33.2 Å². The van der Waals surface area contributed by atoms with E-state index in [4.69, 9.17) is 9.47 Å². The molecule has 6 heteroatoms. The van der Waals surface area contributed by atoms with Crippen LogP contribution in [-0.4, -0.2) is 42.5 Å². The summed E-state index contributed by atoms with van der Waals surface area (Å²) in [5, 5.41) is 0. The lowest BCUT2D eigenvalue weighted by Gasteiger charge is -2.28. The monoisotopic (exact) mass is 333 g/mol. The summed E-state index contributed by atoms with van der Waals surface area (Å²) in [6, 6.07) is 9.24. The van der Waals surface area contributed by atoms with Crippen LogP contribution in [0.25, 0.3) is 0 Å². The van der Waals surface area contributed by atoms with Gasteiger partial charge in [-0.2, -0.15) is 0 Å². The third kappa shape index (κ3) is 3.27. The Morgan fingerprint density at radius 3 is 2.17 bits per heavy atom. The van der Waals surface area contributed by atoms with Gasteiger partial charge in [-0.1, -0.05) is 30.3 Å². The lowest BCUT2D eigenvalue weighted by atomic mass is 9.87. The van der Waals surface area contributed by atoms with Crippen LogP contribution < -0.4 is 0 Å². The van der Waals surface area contributed by atoms with Gasteiger partial charge in [0.1, 0.15) is 0 Å².